The van der Waals surface area contributed by atoms with E-state index in [1.165, 1.54) is 0 Å². The van der Waals surface area contributed by atoms with Gasteiger partial charge in [0, 0.05) is 30.5 Å². The fourth-order valence-corrected chi connectivity index (χ4v) is 2.49. The monoisotopic (exact) mass is 354 g/mol. The second-order valence-electron chi connectivity index (χ2n) is 4.68. The van der Waals surface area contributed by atoms with Crippen molar-refractivity contribution in [2.75, 3.05) is 19.0 Å². The van der Waals surface area contributed by atoms with E-state index < -0.39 is 0 Å². The number of amides is 1. The van der Waals surface area contributed by atoms with E-state index in [9.17, 15) is 4.79 Å². The molecule has 1 N–H and O–H groups in total. The van der Waals surface area contributed by atoms with Crippen LogP contribution in [0.3, 0.4) is 0 Å². The fraction of sp³-hybridized carbons (Fsp3) is 0.429. The highest BCUT2D eigenvalue weighted by Gasteiger charge is 2.13. The molecule has 0 saturated heterocycles. The maximum Gasteiger partial charge on any atom is 0.272 e. The molecule has 0 bridgehead atoms. The maximum atomic E-state index is 12.3. The lowest BCUT2D eigenvalue weighted by Crippen LogP contribution is -2.16. The number of aromatic nitrogens is 3. The first-order valence-corrected chi connectivity index (χ1v) is 7.61. The number of anilines is 1. The van der Waals surface area contributed by atoms with E-state index in [2.05, 4.69) is 33.3 Å². The Labute approximate surface area is 132 Å². The van der Waals surface area contributed by atoms with Crippen molar-refractivity contribution in [1.29, 1.82) is 0 Å². The van der Waals surface area contributed by atoms with Gasteiger partial charge >= 0.3 is 0 Å². The Kier molecular flexibility index (Phi) is 5.58. The fourth-order valence-electron chi connectivity index (χ4n) is 2.02. The lowest BCUT2D eigenvalue weighted by Gasteiger charge is -2.07. The zero-order valence-electron chi connectivity index (χ0n) is 12.2. The number of carbonyl (C=O) groups is 1. The number of methoxy groups -OCH3 is 1. The zero-order valence-corrected chi connectivity index (χ0v) is 13.8. The van der Waals surface area contributed by atoms with E-state index in [1.807, 2.05) is 16.8 Å². The molecule has 2 aromatic heterocycles. The normalized spacial score (nSPS) is 10.8. The van der Waals surface area contributed by atoms with Crippen LogP contribution in [0.1, 0.15) is 23.8 Å². The van der Waals surface area contributed by atoms with E-state index in [-0.39, 0.29) is 5.91 Å². The summed E-state index contributed by atoms with van der Waals surface area (Å²) in [5, 5.41) is 7.03. The molecule has 0 atom stereocenters. The molecule has 0 radical (unpaired) electrons. The molecule has 2 heterocycles. The number of ether oxygens (including phenoxy) is 1. The van der Waals surface area contributed by atoms with Gasteiger partial charge in [0.15, 0.2) is 0 Å². The standard InChI is InChI=1S/C14H19BrN4O2/c1-3-4-18-9-11(15)7-13(18)14(20)17-12-8-16-19(10-12)5-6-21-2/h7-10H,3-6H2,1-2H3,(H,17,20). The molecule has 2 aromatic rings. The van der Waals surface area contributed by atoms with Crippen molar-refractivity contribution in [3.63, 3.8) is 0 Å². The molecule has 0 spiro atoms. The summed E-state index contributed by atoms with van der Waals surface area (Å²) in [6.07, 6.45) is 6.31. The summed E-state index contributed by atoms with van der Waals surface area (Å²) in [6, 6.07) is 1.82. The number of halogens is 1. The van der Waals surface area contributed by atoms with E-state index >= 15 is 0 Å². The Hall–Kier alpha value is -1.60. The minimum Gasteiger partial charge on any atom is -0.383 e. The highest BCUT2D eigenvalue weighted by molar-refractivity contribution is 9.10. The van der Waals surface area contributed by atoms with Gasteiger partial charge in [0.05, 0.1) is 25.0 Å². The Balaban J connectivity index is 2.05. The van der Waals surface area contributed by atoms with Crippen molar-refractivity contribution in [2.45, 2.75) is 26.4 Å². The third kappa shape index (κ3) is 4.18. The molecule has 21 heavy (non-hydrogen) atoms. The van der Waals surface area contributed by atoms with Gasteiger partial charge in [0.25, 0.3) is 5.91 Å². The second-order valence-corrected chi connectivity index (χ2v) is 5.59. The first-order valence-electron chi connectivity index (χ1n) is 6.82. The topological polar surface area (TPSA) is 61.1 Å². The maximum absolute atomic E-state index is 12.3. The largest absolute Gasteiger partial charge is 0.383 e. The Bertz CT molecular complexity index is 606. The molecule has 0 saturated carbocycles. The van der Waals surface area contributed by atoms with Crippen LogP contribution in [0.2, 0.25) is 0 Å². The van der Waals surface area contributed by atoms with Gasteiger partial charge in [-0.15, -0.1) is 0 Å². The van der Waals surface area contributed by atoms with Crippen LogP contribution in [-0.2, 0) is 17.8 Å². The van der Waals surface area contributed by atoms with E-state index in [1.54, 1.807) is 24.2 Å². The first-order chi connectivity index (χ1) is 10.1. The first kappa shape index (κ1) is 15.8. The Morgan fingerprint density at radius 2 is 2.24 bits per heavy atom. The summed E-state index contributed by atoms with van der Waals surface area (Å²) in [4.78, 5) is 12.3. The lowest BCUT2D eigenvalue weighted by molar-refractivity contribution is 0.101. The third-order valence-electron chi connectivity index (χ3n) is 2.98. The van der Waals surface area contributed by atoms with Gasteiger partial charge in [-0.05, 0) is 28.4 Å². The van der Waals surface area contributed by atoms with Crippen molar-refractivity contribution < 1.29 is 9.53 Å². The number of aryl methyl sites for hydroxylation is 1. The number of rotatable bonds is 7. The smallest absolute Gasteiger partial charge is 0.272 e. The summed E-state index contributed by atoms with van der Waals surface area (Å²) in [7, 11) is 1.64. The quantitative estimate of drug-likeness (QED) is 0.831. The molecule has 7 heteroatoms. The van der Waals surface area contributed by atoms with Crippen LogP contribution in [-0.4, -0.2) is 34.0 Å². The molecular formula is C14H19BrN4O2. The predicted molar refractivity (Wildman–Crippen MR) is 84.5 cm³/mol. The number of hydrogen-bond acceptors (Lipinski definition) is 3. The minimum absolute atomic E-state index is 0.138. The van der Waals surface area contributed by atoms with Crippen molar-refractivity contribution in [2.24, 2.45) is 0 Å². The van der Waals surface area contributed by atoms with Crippen LogP contribution in [0.5, 0.6) is 0 Å². The molecule has 0 aromatic carbocycles. The van der Waals surface area contributed by atoms with E-state index in [0.29, 0.717) is 24.5 Å². The molecule has 1 amide bonds. The van der Waals surface area contributed by atoms with Crippen molar-refractivity contribution in [3.05, 3.63) is 34.8 Å². The second kappa shape index (κ2) is 7.42. The predicted octanol–water partition coefficient (Wildman–Crippen LogP) is 2.76. The molecule has 0 aliphatic carbocycles. The van der Waals surface area contributed by atoms with Crippen LogP contribution >= 0.6 is 15.9 Å². The minimum atomic E-state index is -0.138. The van der Waals surface area contributed by atoms with Crippen molar-refractivity contribution in [1.82, 2.24) is 14.3 Å². The average molecular weight is 355 g/mol. The summed E-state index contributed by atoms with van der Waals surface area (Å²) in [6.45, 7) is 4.13. The Morgan fingerprint density at radius 3 is 2.95 bits per heavy atom. The number of hydrogen-bond donors (Lipinski definition) is 1. The summed E-state index contributed by atoms with van der Waals surface area (Å²) in [5.74, 6) is -0.138. The molecule has 0 fully saturated rings. The molecule has 114 valence electrons. The van der Waals surface area contributed by atoms with Crippen molar-refractivity contribution >= 4 is 27.5 Å². The molecule has 0 unspecified atom stereocenters. The van der Waals surface area contributed by atoms with E-state index in [4.69, 9.17) is 4.74 Å². The van der Waals surface area contributed by atoms with Gasteiger partial charge in [0.1, 0.15) is 5.69 Å². The van der Waals surface area contributed by atoms with Gasteiger partial charge in [-0.25, -0.2) is 0 Å². The van der Waals surface area contributed by atoms with Crippen LogP contribution in [0.25, 0.3) is 0 Å². The molecular weight excluding hydrogens is 336 g/mol. The Morgan fingerprint density at radius 1 is 1.43 bits per heavy atom. The van der Waals surface area contributed by atoms with Crippen LogP contribution in [0, 0.1) is 0 Å². The van der Waals surface area contributed by atoms with Crippen LogP contribution < -0.4 is 5.32 Å². The van der Waals surface area contributed by atoms with Gasteiger partial charge in [-0.1, -0.05) is 6.92 Å². The number of nitrogens with zero attached hydrogens (tertiary/aromatic N) is 3. The SMILES string of the molecule is CCCn1cc(Br)cc1C(=O)Nc1cnn(CCOC)c1. The molecule has 0 aliphatic heterocycles. The van der Waals surface area contributed by atoms with Gasteiger partial charge in [0.2, 0.25) is 0 Å². The highest BCUT2D eigenvalue weighted by Crippen LogP contribution is 2.17. The number of nitrogens with one attached hydrogen (secondary N) is 1. The van der Waals surface area contributed by atoms with Crippen LogP contribution in [0.4, 0.5) is 5.69 Å². The molecule has 6 nitrogen and oxygen atoms in total. The van der Waals surface area contributed by atoms with Gasteiger partial charge in [-0.3, -0.25) is 9.48 Å². The third-order valence-corrected chi connectivity index (χ3v) is 3.41. The molecule has 2 rings (SSSR count). The van der Waals surface area contributed by atoms with Crippen molar-refractivity contribution in [3.8, 4) is 0 Å². The average Bonchev–Trinajstić information content (AvgIpc) is 3.04. The van der Waals surface area contributed by atoms with Crippen LogP contribution in [0.15, 0.2) is 29.1 Å². The van der Waals surface area contributed by atoms with Gasteiger partial charge in [-0.2, -0.15) is 5.10 Å². The van der Waals surface area contributed by atoms with E-state index in [0.717, 1.165) is 17.4 Å². The van der Waals surface area contributed by atoms with Gasteiger partial charge < -0.3 is 14.6 Å². The molecule has 0 aliphatic rings. The zero-order chi connectivity index (χ0) is 15.2. The summed E-state index contributed by atoms with van der Waals surface area (Å²) in [5.41, 5.74) is 1.31. The lowest BCUT2D eigenvalue weighted by atomic mass is 10.3. The number of carbonyl (C=O) groups excluding carboxylic acids is 1. The highest BCUT2D eigenvalue weighted by atomic mass is 79.9. The summed E-state index contributed by atoms with van der Waals surface area (Å²) >= 11 is 3.41. The summed E-state index contributed by atoms with van der Waals surface area (Å²) < 4.78 is 9.57.